The molecule has 0 unspecified atom stereocenters. The third-order valence-corrected chi connectivity index (χ3v) is 1.74. The van der Waals surface area contributed by atoms with Gasteiger partial charge in [0, 0.05) is 5.03 Å². The van der Waals surface area contributed by atoms with Crippen LogP contribution in [0.5, 0.6) is 0 Å². The summed E-state index contributed by atoms with van der Waals surface area (Å²) in [4.78, 5) is 0. The molecule has 0 aliphatic heterocycles. The normalized spacial score (nSPS) is 11.4. The lowest BCUT2D eigenvalue weighted by molar-refractivity contribution is 1.18. The molecule has 0 N–H and O–H groups in total. The summed E-state index contributed by atoms with van der Waals surface area (Å²) in [6.45, 7) is 13.2. The van der Waals surface area contributed by atoms with E-state index in [4.69, 9.17) is 11.6 Å². The van der Waals surface area contributed by atoms with E-state index in [1.54, 1.807) is 12.2 Å². The molecule has 0 aliphatic carbocycles. The summed E-state index contributed by atoms with van der Waals surface area (Å²) in [5, 5.41) is 0.832. The van der Waals surface area contributed by atoms with Crippen LogP contribution in [0.2, 0.25) is 0 Å². The van der Waals surface area contributed by atoms with Crippen molar-refractivity contribution in [1.29, 1.82) is 0 Å². The predicted molar refractivity (Wildman–Crippen MR) is 64.1 cm³/mol. The number of rotatable bonds is 4. The molecule has 13 heavy (non-hydrogen) atoms. The molecule has 0 saturated heterocycles. The number of hydrogen-bond donors (Lipinski definition) is 0. The predicted octanol–water partition coefficient (Wildman–Crippen LogP) is 4.84. The number of hydrogen-bond acceptors (Lipinski definition) is 0. The monoisotopic (exact) mass is 198 g/mol. The van der Waals surface area contributed by atoms with Crippen LogP contribution >= 0.6 is 11.6 Å². The van der Waals surface area contributed by atoms with E-state index >= 15 is 0 Å². The minimum atomic E-state index is 0.832. The Labute approximate surface area is 87.3 Å². The van der Waals surface area contributed by atoms with Gasteiger partial charge in [0.2, 0.25) is 0 Å². The largest absolute Gasteiger partial charge is 0.0991 e. The maximum atomic E-state index is 5.89. The van der Waals surface area contributed by atoms with Gasteiger partial charge in [-0.25, -0.2) is 0 Å². The first kappa shape index (κ1) is 14.8. The first-order valence-electron chi connectivity index (χ1n) is 4.56. The lowest BCUT2D eigenvalue weighted by atomic mass is 10.2. The standard InChI is InChI=1S/C10H13Cl.C2H6/c1-4-7-8-9(5-2)10(11)6-3;1-2/h4-5,7-8H,1-2,6H2,3H3;1-2H3/b8-7-,10-9-;. The van der Waals surface area contributed by atoms with Gasteiger partial charge in [0.1, 0.15) is 0 Å². The van der Waals surface area contributed by atoms with Crippen molar-refractivity contribution in [2.24, 2.45) is 0 Å². The number of halogens is 1. The quantitative estimate of drug-likeness (QED) is 0.567. The van der Waals surface area contributed by atoms with Crippen LogP contribution in [-0.2, 0) is 0 Å². The first-order valence-corrected chi connectivity index (χ1v) is 4.94. The van der Waals surface area contributed by atoms with Gasteiger partial charge in [-0.2, -0.15) is 0 Å². The Morgan fingerprint density at radius 1 is 1.31 bits per heavy atom. The van der Waals surface area contributed by atoms with Crippen LogP contribution in [0.15, 0.2) is 48.1 Å². The number of allylic oxidation sites excluding steroid dienone is 6. The average molecular weight is 199 g/mol. The highest BCUT2D eigenvalue weighted by atomic mass is 35.5. The van der Waals surface area contributed by atoms with Crippen molar-refractivity contribution in [2.45, 2.75) is 27.2 Å². The van der Waals surface area contributed by atoms with Crippen molar-refractivity contribution >= 4 is 11.6 Å². The highest BCUT2D eigenvalue weighted by Gasteiger charge is 1.92. The second-order valence-corrected chi connectivity index (χ2v) is 2.47. The maximum Gasteiger partial charge on any atom is 0.0250 e. The molecule has 0 fully saturated rings. The molecule has 0 nitrogen and oxygen atoms in total. The lowest BCUT2D eigenvalue weighted by Gasteiger charge is -1.96. The van der Waals surface area contributed by atoms with E-state index in [1.807, 2.05) is 32.9 Å². The molecule has 0 aromatic carbocycles. The van der Waals surface area contributed by atoms with E-state index < -0.39 is 0 Å². The van der Waals surface area contributed by atoms with Crippen molar-refractivity contribution in [2.75, 3.05) is 0 Å². The maximum absolute atomic E-state index is 5.89. The van der Waals surface area contributed by atoms with E-state index in [0.717, 1.165) is 17.0 Å². The van der Waals surface area contributed by atoms with Crippen LogP contribution in [0.4, 0.5) is 0 Å². The molecule has 0 aliphatic rings. The fourth-order valence-electron chi connectivity index (χ4n) is 0.645. The van der Waals surface area contributed by atoms with Gasteiger partial charge in [-0.3, -0.25) is 0 Å². The summed E-state index contributed by atoms with van der Waals surface area (Å²) in [5.74, 6) is 0. The molecule has 1 heteroatoms. The Morgan fingerprint density at radius 3 is 2.15 bits per heavy atom. The fourth-order valence-corrected chi connectivity index (χ4v) is 0.785. The summed E-state index contributed by atoms with van der Waals surface area (Å²) < 4.78 is 0. The van der Waals surface area contributed by atoms with Crippen molar-refractivity contribution < 1.29 is 0 Å². The van der Waals surface area contributed by atoms with Crippen molar-refractivity contribution in [3.63, 3.8) is 0 Å². The van der Waals surface area contributed by atoms with E-state index in [-0.39, 0.29) is 0 Å². The smallest absolute Gasteiger partial charge is 0.0250 e. The molecule has 0 spiro atoms. The SMILES string of the molecule is C=C/C=C\C(C=C)=C(/Cl)CC.CC. The molecular weight excluding hydrogens is 180 g/mol. The Balaban J connectivity index is 0. The second kappa shape index (κ2) is 11.2. The van der Waals surface area contributed by atoms with Gasteiger partial charge in [-0.05, 0) is 12.0 Å². The van der Waals surface area contributed by atoms with Gasteiger partial charge in [0.25, 0.3) is 0 Å². The van der Waals surface area contributed by atoms with Gasteiger partial charge in [-0.15, -0.1) is 0 Å². The third kappa shape index (κ3) is 7.61. The summed E-state index contributed by atoms with van der Waals surface area (Å²) in [6.07, 6.45) is 8.03. The van der Waals surface area contributed by atoms with E-state index in [0.29, 0.717) is 0 Å². The highest BCUT2D eigenvalue weighted by molar-refractivity contribution is 6.30. The van der Waals surface area contributed by atoms with E-state index in [9.17, 15) is 0 Å². The molecule has 0 rings (SSSR count). The van der Waals surface area contributed by atoms with Crippen LogP contribution in [0.3, 0.4) is 0 Å². The Kier molecular flexibility index (Phi) is 12.8. The van der Waals surface area contributed by atoms with Crippen LogP contribution in [0, 0.1) is 0 Å². The van der Waals surface area contributed by atoms with Crippen LogP contribution in [0.1, 0.15) is 27.2 Å². The molecule has 0 radical (unpaired) electrons. The Bertz CT molecular complexity index is 197. The first-order chi connectivity index (χ1) is 6.26. The molecule has 0 aromatic heterocycles. The van der Waals surface area contributed by atoms with Crippen molar-refractivity contribution in [3.05, 3.63) is 48.1 Å². The van der Waals surface area contributed by atoms with Crippen LogP contribution < -0.4 is 0 Å². The molecule has 0 heterocycles. The van der Waals surface area contributed by atoms with Crippen LogP contribution in [-0.4, -0.2) is 0 Å². The zero-order valence-corrected chi connectivity index (χ0v) is 9.56. The molecule has 74 valence electrons. The van der Waals surface area contributed by atoms with Crippen molar-refractivity contribution in [3.8, 4) is 0 Å². The van der Waals surface area contributed by atoms with E-state index in [2.05, 4.69) is 13.2 Å². The minimum Gasteiger partial charge on any atom is -0.0991 e. The van der Waals surface area contributed by atoms with Crippen molar-refractivity contribution in [1.82, 2.24) is 0 Å². The molecule has 0 atom stereocenters. The summed E-state index contributed by atoms with van der Waals surface area (Å²) >= 11 is 5.89. The molecule has 0 aromatic rings. The zero-order chi connectivity index (χ0) is 10.7. The minimum absolute atomic E-state index is 0.832. The lowest BCUT2D eigenvalue weighted by Crippen LogP contribution is -1.75. The Hall–Kier alpha value is -0.750. The van der Waals surface area contributed by atoms with Gasteiger partial charge >= 0.3 is 0 Å². The molecule has 0 saturated carbocycles. The van der Waals surface area contributed by atoms with Crippen LogP contribution in [0.25, 0.3) is 0 Å². The third-order valence-electron chi connectivity index (χ3n) is 1.26. The highest BCUT2D eigenvalue weighted by Crippen LogP contribution is 2.15. The molecular formula is C12H19Cl. The molecule has 0 bridgehead atoms. The van der Waals surface area contributed by atoms with Gasteiger partial charge in [0.05, 0.1) is 0 Å². The summed E-state index contributed by atoms with van der Waals surface area (Å²) in [6, 6.07) is 0. The van der Waals surface area contributed by atoms with Gasteiger partial charge in [-0.1, -0.05) is 69.8 Å². The Morgan fingerprint density at radius 2 is 1.85 bits per heavy atom. The topological polar surface area (TPSA) is 0 Å². The fraction of sp³-hybridized carbons (Fsp3) is 0.333. The average Bonchev–Trinajstić information content (AvgIpc) is 2.21. The van der Waals surface area contributed by atoms with E-state index in [1.165, 1.54) is 0 Å². The summed E-state index contributed by atoms with van der Waals surface area (Å²) in [5.41, 5.74) is 0.967. The zero-order valence-electron chi connectivity index (χ0n) is 8.81. The second-order valence-electron chi connectivity index (χ2n) is 2.01. The van der Waals surface area contributed by atoms with Gasteiger partial charge in [0.15, 0.2) is 0 Å². The van der Waals surface area contributed by atoms with Gasteiger partial charge < -0.3 is 0 Å². The molecule has 0 amide bonds. The summed E-state index contributed by atoms with van der Waals surface area (Å²) in [7, 11) is 0.